The number of aromatic nitrogens is 1. The molecule has 0 saturated carbocycles. The van der Waals surface area contributed by atoms with Gasteiger partial charge in [0.25, 0.3) is 5.88 Å². The van der Waals surface area contributed by atoms with Crippen molar-refractivity contribution in [1.82, 2.24) is 10.1 Å². The van der Waals surface area contributed by atoms with E-state index in [-0.39, 0.29) is 59.4 Å². The minimum Gasteiger partial charge on any atom is -0.488 e. The van der Waals surface area contributed by atoms with Crippen molar-refractivity contribution in [1.29, 1.82) is 0 Å². The Balaban J connectivity index is 1.09. The van der Waals surface area contributed by atoms with Gasteiger partial charge in [-0.1, -0.05) is 74.0 Å². The Bertz CT molecular complexity index is 2000. The summed E-state index contributed by atoms with van der Waals surface area (Å²) >= 11 is 0. The zero-order valence-electron chi connectivity index (χ0n) is 26.7. The lowest BCUT2D eigenvalue weighted by Crippen LogP contribution is -2.44. The molecule has 244 valence electrons. The number of carbonyl (C=O) groups excluding carboxylic acids is 2. The van der Waals surface area contributed by atoms with E-state index >= 15 is 4.39 Å². The third-order valence-corrected chi connectivity index (χ3v) is 10.7. The maximum Gasteiger partial charge on any atom is 0.265 e. The first-order valence-corrected chi connectivity index (χ1v) is 16.9. The van der Waals surface area contributed by atoms with Gasteiger partial charge >= 0.3 is 0 Å². The molecule has 3 aromatic carbocycles. The Morgan fingerprint density at radius 2 is 1.62 bits per heavy atom. The van der Waals surface area contributed by atoms with Gasteiger partial charge in [-0.25, -0.2) is 4.39 Å². The van der Waals surface area contributed by atoms with Crippen LogP contribution in [0, 0.1) is 17.7 Å². The number of hydrogen-bond donors (Lipinski definition) is 0. The molecule has 0 bridgehead atoms. The summed E-state index contributed by atoms with van der Waals surface area (Å²) in [6.07, 6.45) is 3.30. The molecule has 0 radical (unpaired) electrons. The minimum absolute atomic E-state index is 0.135. The van der Waals surface area contributed by atoms with Crippen LogP contribution in [0.1, 0.15) is 80.5 Å². The van der Waals surface area contributed by atoms with Crippen LogP contribution >= 0.6 is 0 Å². The van der Waals surface area contributed by atoms with Crippen molar-refractivity contribution < 1.29 is 32.7 Å². The molecule has 0 amide bonds. The van der Waals surface area contributed by atoms with Gasteiger partial charge in [-0.15, -0.1) is 0 Å². The fourth-order valence-electron chi connectivity index (χ4n) is 8.34. The molecule has 1 spiro atoms. The van der Waals surface area contributed by atoms with Crippen molar-refractivity contribution in [2.45, 2.75) is 70.9 Å². The summed E-state index contributed by atoms with van der Waals surface area (Å²) in [5.41, 5.74) is 3.48. The summed E-state index contributed by atoms with van der Waals surface area (Å²) in [6.45, 7) is 4.49. The van der Waals surface area contributed by atoms with E-state index in [4.69, 9.17) is 18.7 Å². The summed E-state index contributed by atoms with van der Waals surface area (Å²) in [6, 6.07) is 19.4. The summed E-state index contributed by atoms with van der Waals surface area (Å²) in [7, 11) is 0. The minimum atomic E-state index is -1.25. The van der Waals surface area contributed by atoms with Gasteiger partial charge in [0.15, 0.2) is 17.3 Å². The Labute approximate surface area is 277 Å². The lowest BCUT2D eigenvalue weighted by molar-refractivity contribution is 0.0734. The first kappa shape index (κ1) is 29.4. The van der Waals surface area contributed by atoms with Crippen molar-refractivity contribution in [2.75, 3.05) is 6.54 Å². The fourth-order valence-corrected chi connectivity index (χ4v) is 8.34. The van der Waals surface area contributed by atoms with Gasteiger partial charge < -0.3 is 18.7 Å². The van der Waals surface area contributed by atoms with Crippen molar-refractivity contribution in [3.8, 4) is 11.6 Å². The zero-order chi connectivity index (χ0) is 32.6. The van der Waals surface area contributed by atoms with E-state index in [1.807, 2.05) is 60.7 Å². The van der Waals surface area contributed by atoms with Crippen LogP contribution in [0.4, 0.5) is 4.39 Å². The van der Waals surface area contributed by atoms with Crippen LogP contribution in [0.2, 0.25) is 0 Å². The molecular formula is C39H35FN2O6. The molecule has 4 aromatic rings. The first-order valence-electron chi connectivity index (χ1n) is 16.9. The van der Waals surface area contributed by atoms with E-state index < -0.39 is 5.60 Å². The molecule has 1 fully saturated rings. The topological polar surface area (TPSA) is 94.4 Å². The second-order valence-electron chi connectivity index (χ2n) is 13.6. The number of nitrogens with zero attached hydrogens (tertiary/aromatic N) is 2. The molecule has 2 aliphatic heterocycles. The second kappa shape index (κ2) is 11.2. The third kappa shape index (κ3) is 4.40. The molecule has 5 aliphatic rings. The average molecular weight is 647 g/mol. The van der Waals surface area contributed by atoms with Gasteiger partial charge in [0.1, 0.15) is 30.3 Å². The highest BCUT2D eigenvalue weighted by Crippen LogP contribution is 2.63. The zero-order valence-corrected chi connectivity index (χ0v) is 26.7. The average Bonchev–Trinajstić information content (AvgIpc) is 3.50. The van der Waals surface area contributed by atoms with E-state index in [0.29, 0.717) is 66.3 Å². The summed E-state index contributed by atoms with van der Waals surface area (Å²) < 4.78 is 40.9. The molecule has 0 N–H and O–H groups in total. The highest BCUT2D eigenvalue weighted by molar-refractivity contribution is 6.18. The first-order chi connectivity index (χ1) is 23.5. The summed E-state index contributed by atoms with van der Waals surface area (Å²) in [5, 5.41) is 4.11. The normalized spacial score (nSPS) is 23.4. The molecule has 8 nitrogen and oxygen atoms in total. The molecule has 1 aromatic heterocycles. The van der Waals surface area contributed by atoms with E-state index in [1.54, 1.807) is 0 Å². The van der Waals surface area contributed by atoms with Crippen LogP contribution in [0.25, 0.3) is 0 Å². The van der Waals surface area contributed by atoms with Crippen molar-refractivity contribution in [3.63, 3.8) is 0 Å². The molecule has 1 unspecified atom stereocenters. The van der Waals surface area contributed by atoms with Gasteiger partial charge in [0.05, 0.1) is 5.56 Å². The monoisotopic (exact) mass is 646 g/mol. The number of hydrogen-bond acceptors (Lipinski definition) is 8. The van der Waals surface area contributed by atoms with Crippen molar-refractivity contribution >= 4 is 11.6 Å². The second-order valence-corrected chi connectivity index (χ2v) is 13.6. The summed E-state index contributed by atoms with van der Waals surface area (Å²) in [4.78, 5) is 31.1. The van der Waals surface area contributed by atoms with E-state index in [9.17, 15) is 9.59 Å². The maximum absolute atomic E-state index is 16.5. The van der Waals surface area contributed by atoms with Crippen LogP contribution < -0.4 is 9.47 Å². The largest absolute Gasteiger partial charge is 0.488 e. The number of epoxide rings is 1. The molecule has 48 heavy (non-hydrogen) atoms. The number of ether oxygens (including phenoxy) is 3. The van der Waals surface area contributed by atoms with Crippen LogP contribution in [0.5, 0.6) is 11.6 Å². The van der Waals surface area contributed by atoms with Gasteiger partial charge in [0.2, 0.25) is 11.4 Å². The molecule has 3 heterocycles. The fraction of sp³-hybridized carbons (Fsp3) is 0.359. The highest BCUT2D eigenvalue weighted by Gasteiger charge is 2.72. The SMILES string of the molecule is CCCCN1Cc2c(F)c3c(c(OCc4ccccc4)c2C1)C(=O)C1=C2O[C@]24C(=O)c2c(OCc5ccccc5)noc2C[C@@H]4CC1C3. The molecule has 3 aliphatic carbocycles. The predicted molar refractivity (Wildman–Crippen MR) is 172 cm³/mol. The number of halogens is 1. The third-order valence-electron chi connectivity index (χ3n) is 10.7. The lowest BCUT2D eigenvalue weighted by Gasteiger charge is -2.35. The van der Waals surface area contributed by atoms with Crippen molar-refractivity contribution in [2.24, 2.45) is 11.8 Å². The molecule has 9 heteroatoms. The van der Waals surface area contributed by atoms with Gasteiger partial charge in [-0.2, -0.15) is 0 Å². The number of allylic oxidation sites excluding steroid dienone is 1. The van der Waals surface area contributed by atoms with Gasteiger partial charge in [0, 0.05) is 47.7 Å². The number of ketones is 2. The predicted octanol–water partition coefficient (Wildman–Crippen LogP) is 6.92. The van der Waals surface area contributed by atoms with Crippen molar-refractivity contribution in [3.05, 3.63) is 123 Å². The summed E-state index contributed by atoms with van der Waals surface area (Å²) in [5.74, 6) is 0.0608. The van der Waals surface area contributed by atoms with E-state index in [0.717, 1.165) is 36.1 Å². The number of Topliss-reactive ketones (excluding diaryl/α,β-unsaturated/α-hetero) is 2. The van der Waals surface area contributed by atoms with Crippen LogP contribution in [0.3, 0.4) is 0 Å². The van der Waals surface area contributed by atoms with E-state index in [2.05, 4.69) is 17.0 Å². The molecule has 1 saturated heterocycles. The highest BCUT2D eigenvalue weighted by atomic mass is 19.1. The quantitative estimate of drug-likeness (QED) is 0.181. The van der Waals surface area contributed by atoms with Crippen LogP contribution in [-0.2, 0) is 43.9 Å². The molecule has 3 atom stereocenters. The molecule has 9 rings (SSSR count). The number of fused-ring (bicyclic) bond motifs is 4. The van der Waals surface area contributed by atoms with Crippen LogP contribution in [-0.4, -0.2) is 33.8 Å². The Morgan fingerprint density at radius 1 is 0.917 bits per heavy atom. The van der Waals surface area contributed by atoms with Crippen LogP contribution in [0.15, 0.2) is 76.5 Å². The van der Waals surface area contributed by atoms with Gasteiger partial charge in [-0.05, 0) is 48.0 Å². The van der Waals surface area contributed by atoms with E-state index in [1.165, 1.54) is 0 Å². The number of unbranched alkanes of at least 4 members (excludes halogenated alkanes) is 1. The smallest absolute Gasteiger partial charge is 0.265 e. The Hall–Kier alpha value is -4.76. The number of benzene rings is 3. The molecular weight excluding hydrogens is 611 g/mol. The number of carbonyl (C=O) groups is 2. The number of rotatable bonds is 9. The van der Waals surface area contributed by atoms with Gasteiger partial charge in [-0.3, -0.25) is 14.5 Å². The maximum atomic E-state index is 16.5. The Morgan fingerprint density at radius 3 is 2.35 bits per heavy atom. The Kier molecular flexibility index (Phi) is 6.83. The lowest BCUT2D eigenvalue weighted by atomic mass is 9.63. The standard InChI is InChI=1S/C39H35FN2O6/c1-2-3-14-42-18-27-28(19-42)35(45-20-22-10-6-4-7-11-22)31-26(33(27)40)16-24-15-25-17-29-32(36(44)39(25)37(47-39)30(24)34(31)43)38(41-48-29)46-21-23-12-8-5-9-13-23/h4-13,24-25H,2-3,14-21H2,1H3/t24?,25-,39+/m0/s1.